The average Bonchev–Trinajstić information content (AvgIpc) is 3.59. The number of likely N-dealkylation sites (tertiary alicyclic amines) is 1. The Bertz CT molecular complexity index is 806. The number of rotatable bonds is 8. The van der Waals surface area contributed by atoms with Gasteiger partial charge in [-0.3, -0.25) is 9.69 Å². The summed E-state index contributed by atoms with van der Waals surface area (Å²) in [6, 6.07) is 17.8. The molecule has 2 atom stereocenters. The van der Waals surface area contributed by atoms with Crippen molar-refractivity contribution < 1.29 is 19.4 Å². The highest BCUT2D eigenvalue weighted by Crippen LogP contribution is 2.43. The molecule has 0 bridgehead atoms. The van der Waals surface area contributed by atoms with Crippen molar-refractivity contribution in [3.8, 4) is 11.5 Å². The lowest BCUT2D eigenvalue weighted by atomic mass is 9.96. The van der Waals surface area contributed by atoms with E-state index >= 15 is 0 Å². The van der Waals surface area contributed by atoms with E-state index in [0.29, 0.717) is 12.0 Å². The molecule has 6 heteroatoms. The first-order valence-electron chi connectivity index (χ1n) is 11.0. The van der Waals surface area contributed by atoms with Crippen LogP contribution in [0.3, 0.4) is 0 Å². The summed E-state index contributed by atoms with van der Waals surface area (Å²) in [6.07, 6.45) is 3.82. The number of carbonyl (C=O) groups is 1. The number of piperidine rings is 1. The molecule has 6 nitrogen and oxygen atoms in total. The van der Waals surface area contributed by atoms with Gasteiger partial charge < -0.3 is 19.9 Å². The third-order valence-corrected chi connectivity index (χ3v) is 6.25. The normalized spacial score (nSPS) is 21.0. The number of hydrogen-bond acceptors (Lipinski definition) is 5. The Balaban J connectivity index is 0.000000858. The molecular weight excluding hydrogens is 392 g/mol. The highest BCUT2D eigenvalue weighted by molar-refractivity contribution is 5.45. The van der Waals surface area contributed by atoms with E-state index in [1.165, 1.54) is 43.5 Å². The summed E-state index contributed by atoms with van der Waals surface area (Å²) in [4.78, 5) is 11.0. The third-order valence-electron chi connectivity index (χ3n) is 6.25. The molecule has 4 rings (SSSR count). The maximum Gasteiger partial charge on any atom is 0.290 e. The summed E-state index contributed by atoms with van der Waals surface area (Å²) >= 11 is 0. The molecule has 0 aromatic heterocycles. The fourth-order valence-corrected chi connectivity index (χ4v) is 4.38. The van der Waals surface area contributed by atoms with Gasteiger partial charge in [0, 0.05) is 18.5 Å². The first kappa shape index (κ1) is 23.1. The zero-order valence-corrected chi connectivity index (χ0v) is 18.5. The lowest BCUT2D eigenvalue weighted by Crippen LogP contribution is -2.37. The number of methoxy groups -OCH3 is 2. The molecule has 0 spiro atoms. The fraction of sp³-hybridized carbons (Fsp3) is 0.480. The Morgan fingerprint density at radius 1 is 1.06 bits per heavy atom. The molecule has 1 saturated carbocycles. The molecule has 2 aromatic rings. The van der Waals surface area contributed by atoms with Crippen LogP contribution in [0.5, 0.6) is 11.5 Å². The Labute approximate surface area is 185 Å². The van der Waals surface area contributed by atoms with Crippen LogP contribution >= 0.6 is 0 Å². The van der Waals surface area contributed by atoms with Crippen molar-refractivity contribution in [1.82, 2.24) is 10.2 Å². The van der Waals surface area contributed by atoms with Crippen molar-refractivity contribution in [3.05, 3.63) is 59.7 Å². The van der Waals surface area contributed by atoms with Gasteiger partial charge in [0.15, 0.2) is 11.5 Å². The van der Waals surface area contributed by atoms with Gasteiger partial charge in [-0.2, -0.15) is 0 Å². The molecule has 1 aliphatic carbocycles. The topological polar surface area (TPSA) is 71.0 Å². The van der Waals surface area contributed by atoms with Crippen molar-refractivity contribution in [2.75, 3.05) is 33.9 Å². The van der Waals surface area contributed by atoms with Crippen LogP contribution in [-0.4, -0.2) is 56.4 Å². The minimum atomic E-state index is -0.250. The van der Waals surface area contributed by atoms with Crippen LogP contribution in [0.1, 0.15) is 36.3 Å². The lowest BCUT2D eigenvalue weighted by molar-refractivity contribution is -0.122. The first-order valence-corrected chi connectivity index (χ1v) is 11.0. The minimum Gasteiger partial charge on any atom is -0.493 e. The van der Waals surface area contributed by atoms with Crippen LogP contribution in [0.4, 0.5) is 0 Å². The second kappa shape index (κ2) is 11.7. The van der Waals surface area contributed by atoms with E-state index in [2.05, 4.69) is 52.7 Å². The predicted octanol–water partition coefficient (Wildman–Crippen LogP) is 3.76. The Hall–Kier alpha value is -2.57. The summed E-state index contributed by atoms with van der Waals surface area (Å²) in [6.45, 7) is 4.41. The van der Waals surface area contributed by atoms with E-state index in [4.69, 9.17) is 19.4 Å². The fourth-order valence-electron chi connectivity index (χ4n) is 4.38. The van der Waals surface area contributed by atoms with Gasteiger partial charge >= 0.3 is 0 Å². The average molecular weight is 427 g/mol. The maximum absolute atomic E-state index is 8.36. The lowest BCUT2D eigenvalue weighted by Gasteiger charge is -2.32. The molecule has 0 unspecified atom stereocenters. The van der Waals surface area contributed by atoms with Crippen LogP contribution < -0.4 is 14.8 Å². The molecule has 1 heterocycles. The van der Waals surface area contributed by atoms with Crippen LogP contribution in [0.2, 0.25) is 0 Å². The molecule has 2 fully saturated rings. The van der Waals surface area contributed by atoms with Gasteiger partial charge in [0.05, 0.1) is 14.2 Å². The SMILES string of the molecule is COc1ccc([C@@H]2C[C@H]2NCC2CCN(Cc3ccccc3)CC2)cc1OC.O=CO. The number of nitrogens with zero attached hydrogens (tertiary/aromatic N) is 1. The van der Waals surface area contributed by atoms with Crippen molar-refractivity contribution >= 4 is 6.47 Å². The number of carboxylic acid groups (broad SMARTS) is 1. The zero-order valence-electron chi connectivity index (χ0n) is 18.5. The van der Waals surface area contributed by atoms with Gasteiger partial charge in [0.25, 0.3) is 6.47 Å². The zero-order chi connectivity index (χ0) is 22.1. The van der Waals surface area contributed by atoms with Gasteiger partial charge in [-0.05, 0) is 68.1 Å². The summed E-state index contributed by atoms with van der Waals surface area (Å²) in [5.41, 5.74) is 2.78. The van der Waals surface area contributed by atoms with E-state index in [1.54, 1.807) is 14.2 Å². The quantitative estimate of drug-likeness (QED) is 0.627. The van der Waals surface area contributed by atoms with Crippen molar-refractivity contribution in [1.29, 1.82) is 0 Å². The molecular formula is C25H34N2O4. The van der Waals surface area contributed by atoms with Gasteiger partial charge in [-0.25, -0.2) is 0 Å². The Morgan fingerprint density at radius 3 is 2.39 bits per heavy atom. The molecule has 31 heavy (non-hydrogen) atoms. The first-order chi connectivity index (χ1) is 15.2. The largest absolute Gasteiger partial charge is 0.493 e. The maximum atomic E-state index is 8.36. The molecule has 0 radical (unpaired) electrons. The van der Waals surface area contributed by atoms with Crippen LogP contribution in [-0.2, 0) is 11.3 Å². The van der Waals surface area contributed by atoms with Crippen LogP contribution in [0, 0.1) is 5.92 Å². The highest BCUT2D eigenvalue weighted by atomic mass is 16.5. The predicted molar refractivity (Wildman–Crippen MR) is 122 cm³/mol. The Kier molecular flexibility index (Phi) is 8.74. The molecule has 2 N–H and O–H groups in total. The number of benzene rings is 2. The summed E-state index contributed by atoms with van der Waals surface area (Å²) in [5, 5.41) is 10.7. The summed E-state index contributed by atoms with van der Waals surface area (Å²) < 4.78 is 10.8. The molecule has 0 amide bonds. The second-order valence-electron chi connectivity index (χ2n) is 8.28. The van der Waals surface area contributed by atoms with Crippen molar-refractivity contribution in [3.63, 3.8) is 0 Å². The standard InChI is InChI=1S/C24H32N2O2.CH2O2/c1-27-23-9-8-20(14-24(23)28-2)21-15-22(21)25-16-18-10-12-26(13-11-18)17-19-6-4-3-5-7-19;2-1-3/h3-9,14,18,21-22,25H,10-13,15-17H2,1-2H3;1H,(H,2,3)/t21-,22+;/m0./s1. The molecule has 2 aliphatic rings. The minimum absolute atomic E-state index is 0.250. The van der Waals surface area contributed by atoms with Gasteiger partial charge in [-0.15, -0.1) is 0 Å². The van der Waals surface area contributed by atoms with Crippen molar-refractivity contribution in [2.24, 2.45) is 5.92 Å². The number of nitrogens with one attached hydrogen (secondary N) is 1. The van der Waals surface area contributed by atoms with E-state index < -0.39 is 0 Å². The molecule has 168 valence electrons. The van der Waals surface area contributed by atoms with E-state index in [-0.39, 0.29) is 6.47 Å². The molecule has 1 aliphatic heterocycles. The summed E-state index contributed by atoms with van der Waals surface area (Å²) in [7, 11) is 3.39. The number of hydrogen-bond donors (Lipinski definition) is 2. The third kappa shape index (κ3) is 6.71. The smallest absolute Gasteiger partial charge is 0.290 e. The van der Waals surface area contributed by atoms with E-state index in [0.717, 1.165) is 30.5 Å². The van der Waals surface area contributed by atoms with Gasteiger partial charge in [0.2, 0.25) is 0 Å². The summed E-state index contributed by atoms with van der Waals surface area (Å²) in [5.74, 6) is 3.05. The number of ether oxygens (including phenoxy) is 2. The van der Waals surface area contributed by atoms with Crippen molar-refractivity contribution in [2.45, 2.75) is 37.8 Å². The second-order valence-corrected chi connectivity index (χ2v) is 8.28. The molecule has 1 saturated heterocycles. The highest BCUT2D eigenvalue weighted by Gasteiger charge is 2.38. The van der Waals surface area contributed by atoms with Gasteiger partial charge in [0.1, 0.15) is 0 Å². The monoisotopic (exact) mass is 426 g/mol. The van der Waals surface area contributed by atoms with E-state index in [1.807, 2.05) is 6.07 Å². The van der Waals surface area contributed by atoms with E-state index in [9.17, 15) is 0 Å². The van der Waals surface area contributed by atoms with Crippen LogP contribution in [0.15, 0.2) is 48.5 Å². The Morgan fingerprint density at radius 2 is 1.74 bits per heavy atom. The van der Waals surface area contributed by atoms with Crippen LogP contribution in [0.25, 0.3) is 0 Å². The van der Waals surface area contributed by atoms with Gasteiger partial charge in [-0.1, -0.05) is 36.4 Å². The molecule has 2 aromatic carbocycles.